The lowest BCUT2D eigenvalue weighted by molar-refractivity contribution is 0.276. The van der Waals surface area contributed by atoms with Crippen molar-refractivity contribution in [3.05, 3.63) is 35.5 Å². The molecule has 1 saturated carbocycles. The third kappa shape index (κ3) is 2.76. The molecule has 1 aromatic heterocycles. The SMILES string of the molecule is CC1CCC(Nc2cc(Cl)cc3cccnc23)C(C)C1. The van der Waals surface area contributed by atoms with Crippen LogP contribution in [0.25, 0.3) is 10.9 Å². The Bertz CT molecular complexity index is 611. The van der Waals surface area contributed by atoms with Gasteiger partial charge < -0.3 is 5.32 Å². The van der Waals surface area contributed by atoms with Crippen LogP contribution in [0.2, 0.25) is 5.02 Å². The summed E-state index contributed by atoms with van der Waals surface area (Å²) in [5.74, 6) is 1.54. The van der Waals surface area contributed by atoms with Crippen LogP contribution >= 0.6 is 11.6 Å². The molecule has 0 saturated heterocycles. The van der Waals surface area contributed by atoms with Crippen molar-refractivity contribution in [2.24, 2.45) is 11.8 Å². The molecule has 3 atom stereocenters. The van der Waals surface area contributed by atoms with Crippen LogP contribution < -0.4 is 5.32 Å². The lowest BCUT2D eigenvalue weighted by Gasteiger charge is -2.34. The molecule has 2 nitrogen and oxygen atoms in total. The predicted octanol–water partition coefficient (Wildman–Crippen LogP) is 5.12. The molecule has 0 radical (unpaired) electrons. The molecule has 3 unspecified atom stereocenters. The first kappa shape index (κ1) is 13.7. The summed E-state index contributed by atoms with van der Waals surface area (Å²) in [6, 6.07) is 8.51. The molecule has 1 aromatic carbocycles. The maximum Gasteiger partial charge on any atom is 0.0934 e. The van der Waals surface area contributed by atoms with E-state index in [0.717, 1.165) is 27.5 Å². The first-order valence-electron chi connectivity index (χ1n) is 7.44. The third-order valence-electron chi connectivity index (χ3n) is 4.44. The highest BCUT2D eigenvalue weighted by Gasteiger charge is 2.25. The molecule has 0 bridgehead atoms. The summed E-state index contributed by atoms with van der Waals surface area (Å²) < 4.78 is 0. The van der Waals surface area contributed by atoms with E-state index in [4.69, 9.17) is 11.6 Å². The summed E-state index contributed by atoms with van der Waals surface area (Å²) in [5.41, 5.74) is 2.09. The van der Waals surface area contributed by atoms with E-state index in [1.807, 2.05) is 24.4 Å². The first-order chi connectivity index (χ1) is 9.63. The van der Waals surface area contributed by atoms with Crippen LogP contribution in [0, 0.1) is 11.8 Å². The molecule has 2 aromatic rings. The number of rotatable bonds is 2. The molecule has 1 aliphatic rings. The van der Waals surface area contributed by atoms with Gasteiger partial charge in [-0.25, -0.2) is 0 Å². The van der Waals surface area contributed by atoms with Gasteiger partial charge in [-0.3, -0.25) is 4.98 Å². The average molecular weight is 289 g/mol. The Balaban J connectivity index is 1.90. The first-order valence-corrected chi connectivity index (χ1v) is 7.82. The molecular formula is C17H21ClN2. The maximum atomic E-state index is 6.23. The molecule has 3 heteroatoms. The van der Waals surface area contributed by atoms with Crippen molar-refractivity contribution < 1.29 is 0 Å². The molecule has 0 spiro atoms. The van der Waals surface area contributed by atoms with Gasteiger partial charge in [0.1, 0.15) is 0 Å². The number of halogens is 1. The zero-order chi connectivity index (χ0) is 14.1. The smallest absolute Gasteiger partial charge is 0.0934 e. The minimum absolute atomic E-state index is 0.523. The number of anilines is 1. The van der Waals surface area contributed by atoms with E-state index in [0.29, 0.717) is 12.0 Å². The Morgan fingerprint density at radius 1 is 1.25 bits per heavy atom. The van der Waals surface area contributed by atoms with Gasteiger partial charge in [-0.1, -0.05) is 31.5 Å². The zero-order valence-corrected chi connectivity index (χ0v) is 12.8. The number of benzene rings is 1. The number of aromatic nitrogens is 1. The van der Waals surface area contributed by atoms with Crippen LogP contribution in [0.3, 0.4) is 0 Å². The molecule has 106 valence electrons. The minimum Gasteiger partial charge on any atom is -0.380 e. The highest BCUT2D eigenvalue weighted by molar-refractivity contribution is 6.31. The number of nitrogens with one attached hydrogen (secondary N) is 1. The number of fused-ring (bicyclic) bond motifs is 1. The molecule has 0 aliphatic heterocycles. The summed E-state index contributed by atoms with van der Waals surface area (Å²) in [5, 5.41) is 5.55. The Morgan fingerprint density at radius 3 is 2.90 bits per heavy atom. The van der Waals surface area contributed by atoms with Crippen molar-refractivity contribution in [1.29, 1.82) is 0 Å². The molecular weight excluding hydrogens is 268 g/mol. The predicted molar refractivity (Wildman–Crippen MR) is 86.3 cm³/mol. The van der Waals surface area contributed by atoms with Crippen molar-refractivity contribution in [3.8, 4) is 0 Å². The highest BCUT2D eigenvalue weighted by atomic mass is 35.5. The molecule has 1 N–H and O–H groups in total. The second-order valence-corrected chi connectivity index (χ2v) is 6.61. The van der Waals surface area contributed by atoms with Crippen LogP contribution in [0.15, 0.2) is 30.5 Å². The monoisotopic (exact) mass is 288 g/mol. The summed E-state index contributed by atoms with van der Waals surface area (Å²) in [6.07, 6.45) is 5.66. The molecule has 1 aliphatic carbocycles. The summed E-state index contributed by atoms with van der Waals surface area (Å²) in [7, 11) is 0. The molecule has 1 heterocycles. The number of hydrogen-bond acceptors (Lipinski definition) is 2. The van der Waals surface area contributed by atoms with Gasteiger partial charge in [0.05, 0.1) is 11.2 Å². The fourth-order valence-corrected chi connectivity index (χ4v) is 3.57. The largest absolute Gasteiger partial charge is 0.380 e. The van der Waals surface area contributed by atoms with Crippen molar-refractivity contribution in [3.63, 3.8) is 0 Å². The quantitative estimate of drug-likeness (QED) is 0.829. The van der Waals surface area contributed by atoms with E-state index in [9.17, 15) is 0 Å². The summed E-state index contributed by atoms with van der Waals surface area (Å²) in [4.78, 5) is 4.51. The standard InChI is InChI=1S/C17H21ClN2/c1-11-5-6-15(12(2)8-11)20-16-10-14(18)9-13-4-3-7-19-17(13)16/h3-4,7,9-12,15,20H,5-6,8H2,1-2H3. The van der Waals surface area contributed by atoms with Crippen LogP contribution in [0.4, 0.5) is 5.69 Å². The average Bonchev–Trinajstić information content (AvgIpc) is 2.41. The molecule has 3 rings (SSSR count). The van der Waals surface area contributed by atoms with Crippen molar-refractivity contribution in [1.82, 2.24) is 4.98 Å². The third-order valence-corrected chi connectivity index (χ3v) is 4.66. The van der Waals surface area contributed by atoms with E-state index < -0.39 is 0 Å². The van der Waals surface area contributed by atoms with E-state index >= 15 is 0 Å². The van der Waals surface area contributed by atoms with Gasteiger partial charge in [0.25, 0.3) is 0 Å². The fraction of sp³-hybridized carbons (Fsp3) is 0.471. The van der Waals surface area contributed by atoms with Gasteiger partial charge >= 0.3 is 0 Å². The van der Waals surface area contributed by atoms with Gasteiger partial charge in [-0.15, -0.1) is 0 Å². The summed E-state index contributed by atoms with van der Waals surface area (Å²) >= 11 is 6.23. The van der Waals surface area contributed by atoms with E-state index in [1.54, 1.807) is 0 Å². The lowest BCUT2D eigenvalue weighted by Crippen LogP contribution is -2.33. The topological polar surface area (TPSA) is 24.9 Å². The maximum absolute atomic E-state index is 6.23. The van der Waals surface area contributed by atoms with Gasteiger partial charge in [0.2, 0.25) is 0 Å². The zero-order valence-electron chi connectivity index (χ0n) is 12.1. The number of hydrogen-bond donors (Lipinski definition) is 1. The Kier molecular flexibility index (Phi) is 3.84. The second-order valence-electron chi connectivity index (χ2n) is 6.17. The van der Waals surface area contributed by atoms with Crippen LogP contribution in [-0.2, 0) is 0 Å². The van der Waals surface area contributed by atoms with Crippen LogP contribution in [0.1, 0.15) is 33.1 Å². The number of nitrogens with zero attached hydrogens (tertiary/aromatic N) is 1. The van der Waals surface area contributed by atoms with Crippen molar-refractivity contribution in [2.45, 2.75) is 39.2 Å². The molecule has 1 fully saturated rings. The normalized spacial score (nSPS) is 26.6. The Labute approximate surface area is 125 Å². The lowest BCUT2D eigenvalue weighted by atomic mass is 9.80. The Hall–Kier alpha value is -1.28. The van der Waals surface area contributed by atoms with Gasteiger partial charge in [0, 0.05) is 22.6 Å². The van der Waals surface area contributed by atoms with Crippen molar-refractivity contribution >= 4 is 28.2 Å². The fourth-order valence-electron chi connectivity index (χ4n) is 3.35. The Morgan fingerprint density at radius 2 is 2.10 bits per heavy atom. The van der Waals surface area contributed by atoms with E-state index in [1.165, 1.54) is 19.3 Å². The van der Waals surface area contributed by atoms with Gasteiger partial charge in [-0.05, 0) is 49.3 Å². The number of pyridine rings is 1. The van der Waals surface area contributed by atoms with Crippen LogP contribution in [-0.4, -0.2) is 11.0 Å². The minimum atomic E-state index is 0.523. The molecule has 0 amide bonds. The van der Waals surface area contributed by atoms with Crippen LogP contribution in [0.5, 0.6) is 0 Å². The summed E-state index contributed by atoms with van der Waals surface area (Å²) in [6.45, 7) is 4.69. The van der Waals surface area contributed by atoms with Gasteiger partial charge in [0.15, 0.2) is 0 Å². The van der Waals surface area contributed by atoms with Crippen molar-refractivity contribution in [2.75, 3.05) is 5.32 Å². The highest BCUT2D eigenvalue weighted by Crippen LogP contribution is 2.33. The van der Waals surface area contributed by atoms with Gasteiger partial charge in [-0.2, -0.15) is 0 Å². The van der Waals surface area contributed by atoms with E-state index in [-0.39, 0.29) is 0 Å². The molecule has 20 heavy (non-hydrogen) atoms. The van der Waals surface area contributed by atoms with E-state index in [2.05, 4.69) is 30.2 Å². The second kappa shape index (κ2) is 5.61.